The molecule has 0 aliphatic carbocycles. The van der Waals surface area contributed by atoms with E-state index in [1.54, 1.807) is 27.4 Å². The van der Waals surface area contributed by atoms with E-state index in [1.165, 1.54) is 30.3 Å². The molecule has 3 aromatic carbocycles. The summed E-state index contributed by atoms with van der Waals surface area (Å²) in [6.07, 6.45) is 3.10. The summed E-state index contributed by atoms with van der Waals surface area (Å²) in [4.78, 5) is 21.0. The van der Waals surface area contributed by atoms with Crippen LogP contribution in [0.3, 0.4) is 0 Å². The molecule has 2 aromatic heterocycles. The van der Waals surface area contributed by atoms with Gasteiger partial charge in [-0.1, -0.05) is 18.2 Å². The minimum atomic E-state index is -0.392. The lowest BCUT2D eigenvalue weighted by Crippen LogP contribution is -1.97. The van der Waals surface area contributed by atoms with Crippen molar-refractivity contribution < 1.29 is 23.4 Å². The Kier molecular flexibility index (Phi) is 6.12. The van der Waals surface area contributed by atoms with Crippen molar-refractivity contribution in [3.63, 3.8) is 0 Å². The van der Waals surface area contributed by atoms with Gasteiger partial charge in [0.2, 0.25) is 5.75 Å². The van der Waals surface area contributed by atoms with Crippen LogP contribution in [0.1, 0.15) is 16.1 Å². The second-order valence-corrected chi connectivity index (χ2v) is 8.11. The van der Waals surface area contributed by atoms with Gasteiger partial charge in [-0.15, -0.1) is 0 Å². The van der Waals surface area contributed by atoms with E-state index in [1.807, 2.05) is 42.5 Å². The van der Waals surface area contributed by atoms with Gasteiger partial charge in [-0.05, 0) is 60.7 Å². The number of H-pyrrole nitrogens is 1. The molecule has 0 saturated carbocycles. The number of halogens is 1. The smallest absolute Gasteiger partial charge is 0.203 e. The maximum absolute atomic E-state index is 13.2. The van der Waals surface area contributed by atoms with E-state index in [2.05, 4.69) is 4.98 Å². The molecule has 0 spiro atoms. The summed E-state index contributed by atoms with van der Waals surface area (Å²) >= 11 is 0. The lowest BCUT2D eigenvalue weighted by molar-refractivity contribution is 0.104. The lowest BCUT2D eigenvalue weighted by Gasteiger charge is -2.14. The molecule has 0 amide bonds. The molecule has 0 bridgehead atoms. The number of benzene rings is 3. The molecule has 2 heterocycles. The molecule has 0 atom stereocenters. The van der Waals surface area contributed by atoms with Crippen LogP contribution in [0.2, 0.25) is 0 Å². The second-order valence-electron chi connectivity index (χ2n) is 8.11. The van der Waals surface area contributed by atoms with Crippen LogP contribution >= 0.6 is 0 Å². The van der Waals surface area contributed by atoms with Crippen molar-refractivity contribution in [2.45, 2.75) is 0 Å². The van der Waals surface area contributed by atoms with E-state index < -0.39 is 5.82 Å². The van der Waals surface area contributed by atoms with Crippen molar-refractivity contribution in [3.05, 3.63) is 89.9 Å². The molecule has 5 rings (SSSR count). The number of hydrogen-bond acceptors (Lipinski definition) is 5. The molecule has 36 heavy (non-hydrogen) atoms. The Hall–Kier alpha value is -4.65. The number of aromatic amines is 1. The number of hydrogen-bond donors (Lipinski definition) is 1. The number of carbonyl (C=O) groups excluding carboxylic acids is 1. The molecule has 1 N–H and O–H groups in total. The molecule has 0 fully saturated rings. The molecular weight excluding hydrogens is 459 g/mol. The first-order valence-electron chi connectivity index (χ1n) is 11.2. The zero-order chi connectivity index (χ0) is 25.2. The summed E-state index contributed by atoms with van der Waals surface area (Å²) < 4.78 is 29.8. The molecule has 5 aromatic rings. The Labute approximate surface area is 207 Å². The van der Waals surface area contributed by atoms with Crippen LogP contribution in [0.15, 0.2) is 72.8 Å². The van der Waals surface area contributed by atoms with Gasteiger partial charge in [-0.2, -0.15) is 0 Å². The number of ketones is 1. The fourth-order valence-electron chi connectivity index (χ4n) is 4.25. The van der Waals surface area contributed by atoms with E-state index in [0.29, 0.717) is 34.2 Å². The number of nitrogens with zero attached hydrogens (tertiary/aromatic N) is 1. The summed E-state index contributed by atoms with van der Waals surface area (Å²) in [7, 11) is 4.68. The number of para-hydroxylation sites is 1. The highest BCUT2D eigenvalue weighted by molar-refractivity contribution is 6.12. The van der Waals surface area contributed by atoms with E-state index in [4.69, 9.17) is 19.2 Å². The Bertz CT molecular complexity index is 1600. The van der Waals surface area contributed by atoms with Crippen LogP contribution in [0, 0.1) is 5.82 Å². The molecule has 6 nitrogen and oxygen atoms in total. The summed E-state index contributed by atoms with van der Waals surface area (Å²) in [6.45, 7) is 0. The Morgan fingerprint density at radius 1 is 0.889 bits per heavy atom. The van der Waals surface area contributed by atoms with Crippen molar-refractivity contribution in [2.24, 2.45) is 0 Å². The van der Waals surface area contributed by atoms with Gasteiger partial charge in [0.1, 0.15) is 5.82 Å². The van der Waals surface area contributed by atoms with Crippen molar-refractivity contribution >= 4 is 33.7 Å². The zero-order valence-corrected chi connectivity index (χ0v) is 20.0. The van der Waals surface area contributed by atoms with Gasteiger partial charge in [0, 0.05) is 27.4 Å². The summed E-state index contributed by atoms with van der Waals surface area (Å²) in [6, 6.07) is 19.0. The predicted octanol–water partition coefficient (Wildman–Crippen LogP) is 6.44. The van der Waals surface area contributed by atoms with E-state index in [9.17, 15) is 9.18 Å². The maximum atomic E-state index is 13.2. The van der Waals surface area contributed by atoms with Crippen molar-refractivity contribution in [1.82, 2.24) is 9.97 Å². The third kappa shape index (κ3) is 4.15. The van der Waals surface area contributed by atoms with Crippen LogP contribution < -0.4 is 14.2 Å². The molecular formula is C29H23FN2O4. The maximum Gasteiger partial charge on any atom is 0.203 e. The minimum absolute atomic E-state index is 0.245. The SMILES string of the molecule is COc1cc(-c2nc(/C=C/C(=O)c3ccc(F)cc3)cc3c2[nH]c2ccccc23)cc(OC)c1OC. The number of ether oxygens (including phenoxy) is 3. The molecule has 0 radical (unpaired) electrons. The first-order chi connectivity index (χ1) is 17.5. The van der Waals surface area contributed by atoms with E-state index in [0.717, 1.165) is 27.4 Å². The number of allylic oxidation sites excluding steroid dienone is 1. The molecule has 0 unspecified atom stereocenters. The standard InChI is InChI=1S/C29H23FN2O4/c1-34-25-14-18(15-26(35-2)29(25)36-3)27-28-22(21-6-4-5-7-23(21)32-28)16-20(31-27)12-13-24(33)17-8-10-19(30)11-9-17/h4-16,32H,1-3H3/b13-12+. The van der Waals surface area contributed by atoms with Crippen LogP contribution in [-0.4, -0.2) is 37.1 Å². The molecule has 0 aliphatic heterocycles. The number of fused-ring (bicyclic) bond motifs is 3. The number of aromatic nitrogens is 2. The topological polar surface area (TPSA) is 73.4 Å². The first kappa shape index (κ1) is 23.1. The van der Waals surface area contributed by atoms with Gasteiger partial charge < -0.3 is 19.2 Å². The van der Waals surface area contributed by atoms with Crippen molar-refractivity contribution in [2.75, 3.05) is 21.3 Å². The number of methoxy groups -OCH3 is 3. The van der Waals surface area contributed by atoms with Gasteiger partial charge >= 0.3 is 0 Å². The number of rotatable bonds is 7. The number of carbonyl (C=O) groups is 1. The monoisotopic (exact) mass is 482 g/mol. The summed E-state index contributed by atoms with van der Waals surface area (Å²) in [5, 5.41) is 1.99. The normalized spacial score (nSPS) is 11.3. The number of nitrogens with one attached hydrogen (secondary N) is 1. The molecule has 7 heteroatoms. The van der Waals surface area contributed by atoms with Gasteiger partial charge in [-0.3, -0.25) is 4.79 Å². The molecule has 180 valence electrons. The zero-order valence-electron chi connectivity index (χ0n) is 20.0. The van der Waals surface area contributed by atoms with Crippen LogP contribution in [-0.2, 0) is 0 Å². The Morgan fingerprint density at radius 3 is 2.25 bits per heavy atom. The van der Waals surface area contributed by atoms with Gasteiger partial charge in [0.25, 0.3) is 0 Å². The highest BCUT2D eigenvalue weighted by Crippen LogP contribution is 2.42. The predicted molar refractivity (Wildman–Crippen MR) is 138 cm³/mol. The lowest BCUT2D eigenvalue weighted by atomic mass is 10.0. The van der Waals surface area contributed by atoms with E-state index in [-0.39, 0.29) is 5.78 Å². The van der Waals surface area contributed by atoms with Gasteiger partial charge in [0.05, 0.1) is 38.2 Å². The van der Waals surface area contributed by atoms with Crippen LogP contribution in [0.25, 0.3) is 39.1 Å². The van der Waals surface area contributed by atoms with Crippen molar-refractivity contribution in [3.8, 4) is 28.5 Å². The Morgan fingerprint density at radius 2 is 1.58 bits per heavy atom. The van der Waals surface area contributed by atoms with E-state index >= 15 is 0 Å². The highest BCUT2D eigenvalue weighted by Gasteiger charge is 2.18. The highest BCUT2D eigenvalue weighted by atomic mass is 19.1. The average molecular weight is 483 g/mol. The Balaban J connectivity index is 1.69. The first-order valence-corrected chi connectivity index (χ1v) is 11.2. The second kappa shape index (κ2) is 9.54. The minimum Gasteiger partial charge on any atom is -0.493 e. The summed E-state index contributed by atoms with van der Waals surface area (Å²) in [5.74, 6) is 0.857. The fraction of sp³-hybridized carbons (Fsp3) is 0.103. The van der Waals surface area contributed by atoms with Gasteiger partial charge in [0.15, 0.2) is 17.3 Å². The third-order valence-corrected chi connectivity index (χ3v) is 5.99. The average Bonchev–Trinajstić information content (AvgIpc) is 3.29. The summed E-state index contributed by atoms with van der Waals surface area (Å²) in [5.41, 5.74) is 4.20. The van der Waals surface area contributed by atoms with Crippen LogP contribution in [0.5, 0.6) is 17.2 Å². The molecule has 0 aliphatic rings. The number of pyridine rings is 1. The largest absolute Gasteiger partial charge is 0.493 e. The quantitative estimate of drug-likeness (QED) is 0.213. The van der Waals surface area contributed by atoms with Gasteiger partial charge in [-0.25, -0.2) is 9.37 Å². The van der Waals surface area contributed by atoms with Crippen molar-refractivity contribution in [1.29, 1.82) is 0 Å². The van der Waals surface area contributed by atoms with Crippen LogP contribution in [0.4, 0.5) is 4.39 Å². The third-order valence-electron chi connectivity index (χ3n) is 5.99. The fourth-order valence-corrected chi connectivity index (χ4v) is 4.25. The molecule has 0 saturated heterocycles.